The lowest BCUT2D eigenvalue weighted by Gasteiger charge is -2.16. The molecule has 1 saturated carbocycles. The van der Waals surface area contributed by atoms with Crippen molar-refractivity contribution >= 4 is 40.7 Å². The van der Waals surface area contributed by atoms with Gasteiger partial charge in [0.25, 0.3) is 0 Å². The number of carbonyl (C=O) groups excluding carboxylic acids is 3. The number of benzene rings is 1. The van der Waals surface area contributed by atoms with Gasteiger partial charge in [0.05, 0.1) is 22.5 Å². The Morgan fingerprint density at radius 1 is 1.35 bits per heavy atom. The van der Waals surface area contributed by atoms with E-state index in [1.807, 2.05) is 0 Å². The van der Waals surface area contributed by atoms with Crippen LogP contribution in [-0.2, 0) is 14.4 Å². The lowest BCUT2D eigenvalue weighted by Crippen LogP contribution is -2.39. The third-order valence-corrected chi connectivity index (χ3v) is 3.85. The summed E-state index contributed by atoms with van der Waals surface area (Å²) >= 11 is 5.93. The van der Waals surface area contributed by atoms with E-state index in [4.69, 9.17) is 17.3 Å². The highest BCUT2D eigenvalue weighted by Crippen LogP contribution is 2.46. The lowest BCUT2D eigenvalue weighted by atomic mass is 10.2. The van der Waals surface area contributed by atoms with Crippen LogP contribution in [0.15, 0.2) is 18.2 Å². The first-order valence-electron chi connectivity index (χ1n) is 6.17. The zero-order chi connectivity index (χ0) is 14.4. The minimum atomic E-state index is -0.472. The van der Waals surface area contributed by atoms with Crippen LogP contribution in [0.2, 0.25) is 5.02 Å². The molecule has 1 aliphatic heterocycles. The van der Waals surface area contributed by atoms with Crippen LogP contribution in [-0.4, -0.2) is 29.2 Å². The molecule has 2 unspecified atom stereocenters. The summed E-state index contributed by atoms with van der Waals surface area (Å²) in [6.45, 7) is -0.282. The van der Waals surface area contributed by atoms with Crippen molar-refractivity contribution in [2.75, 3.05) is 17.6 Å². The average Bonchev–Trinajstić information content (AvgIpc) is 3.14. The van der Waals surface area contributed by atoms with E-state index >= 15 is 0 Å². The van der Waals surface area contributed by atoms with E-state index in [0.29, 0.717) is 22.8 Å². The Kier molecular flexibility index (Phi) is 2.90. The number of piperidine rings is 1. The molecule has 1 saturated heterocycles. The number of amides is 3. The molecule has 2 aliphatic rings. The van der Waals surface area contributed by atoms with Gasteiger partial charge in [0.2, 0.25) is 17.7 Å². The van der Waals surface area contributed by atoms with Crippen molar-refractivity contribution in [3.63, 3.8) is 0 Å². The fourth-order valence-electron chi connectivity index (χ4n) is 2.38. The van der Waals surface area contributed by atoms with E-state index in [-0.39, 0.29) is 30.2 Å². The van der Waals surface area contributed by atoms with Crippen molar-refractivity contribution in [3.05, 3.63) is 23.2 Å². The Hall–Kier alpha value is -2.08. The minimum absolute atomic E-state index is 0.203. The summed E-state index contributed by atoms with van der Waals surface area (Å²) < 4.78 is 0. The van der Waals surface area contributed by atoms with Crippen molar-refractivity contribution in [2.45, 2.75) is 6.42 Å². The first kappa shape index (κ1) is 12.9. The second kappa shape index (κ2) is 4.49. The number of fused-ring (bicyclic) bond motifs is 1. The highest BCUT2D eigenvalue weighted by molar-refractivity contribution is 6.33. The highest BCUT2D eigenvalue weighted by Gasteiger charge is 2.59. The summed E-state index contributed by atoms with van der Waals surface area (Å²) in [7, 11) is 0. The Bertz CT molecular complexity index is 611. The van der Waals surface area contributed by atoms with Gasteiger partial charge in [0, 0.05) is 5.69 Å². The number of hydrogen-bond acceptors (Lipinski definition) is 4. The highest BCUT2D eigenvalue weighted by atomic mass is 35.5. The molecule has 0 aromatic heterocycles. The number of rotatable bonds is 3. The summed E-state index contributed by atoms with van der Waals surface area (Å²) in [6, 6.07) is 4.69. The Morgan fingerprint density at radius 3 is 2.65 bits per heavy atom. The third kappa shape index (κ3) is 2.12. The van der Waals surface area contributed by atoms with E-state index in [1.54, 1.807) is 12.1 Å². The number of nitrogens with one attached hydrogen (secondary N) is 1. The molecule has 0 spiro atoms. The van der Waals surface area contributed by atoms with Crippen molar-refractivity contribution < 1.29 is 14.4 Å². The fourth-order valence-corrected chi connectivity index (χ4v) is 2.54. The molecule has 20 heavy (non-hydrogen) atoms. The molecule has 3 rings (SSSR count). The maximum atomic E-state index is 11.9. The summed E-state index contributed by atoms with van der Waals surface area (Å²) in [5, 5.41) is 2.89. The molecule has 1 heterocycles. The van der Waals surface area contributed by atoms with Gasteiger partial charge in [0.1, 0.15) is 6.54 Å². The van der Waals surface area contributed by atoms with E-state index in [0.717, 1.165) is 4.90 Å². The van der Waals surface area contributed by atoms with Gasteiger partial charge < -0.3 is 11.1 Å². The largest absolute Gasteiger partial charge is 0.399 e. The molecule has 1 aromatic rings. The molecule has 0 bridgehead atoms. The number of nitrogens with zero attached hydrogens (tertiary/aromatic N) is 1. The van der Waals surface area contributed by atoms with Gasteiger partial charge in [-0.1, -0.05) is 11.6 Å². The zero-order valence-corrected chi connectivity index (χ0v) is 11.2. The predicted octanol–water partition coefficient (Wildman–Crippen LogP) is 0.866. The molecule has 0 radical (unpaired) electrons. The van der Waals surface area contributed by atoms with Crippen LogP contribution < -0.4 is 11.1 Å². The van der Waals surface area contributed by atoms with E-state index in [1.165, 1.54) is 6.07 Å². The van der Waals surface area contributed by atoms with Gasteiger partial charge in [-0.15, -0.1) is 0 Å². The standard InChI is InChI=1S/C13H12ClN3O3/c14-9-2-1-6(15)3-10(9)16-11(18)5-17-12(19)7-4-8(7)13(17)20/h1-3,7-8H,4-5,15H2,(H,16,18). The molecular weight excluding hydrogens is 282 g/mol. The van der Waals surface area contributed by atoms with Gasteiger partial charge in [-0.3, -0.25) is 19.3 Å². The van der Waals surface area contributed by atoms with Crippen LogP contribution in [0, 0.1) is 11.8 Å². The second-order valence-corrected chi connectivity index (χ2v) is 5.41. The summed E-state index contributed by atoms with van der Waals surface area (Å²) in [4.78, 5) is 36.4. The quantitative estimate of drug-likeness (QED) is 0.639. The number of halogens is 1. The number of nitrogens with two attached hydrogens (primary N) is 1. The van der Waals surface area contributed by atoms with Crippen molar-refractivity contribution in [3.8, 4) is 0 Å². The van der Waals surface area contributed by atoms with Crippen molar-refractivity contribution in [1.29, 1.82) is 0 Å². The molecule has 3 N–H and O–H groups in total. The minimum Gasteiger partial charge on any atom is -0.399 e. The summed E-state index contributed by atoms with van der Waals surface area (Å²) in [5.74, 6) is -1.39. The molecule has 2 atom stereocenters. The summed E-state index contributed by atoms with van der Waals surface area (Å²) in [6.07, 6.45) is 0.622. The Labute approximate surface area is 119 Å². The van der Waals surface area contributed by atoms with E-state index < -0.39 is 5.91 Å². The zero-order valence-electron chi connectivity index (χ0n) is 10.4. The van der Waals surface area contributed by atoms with Crippen molar-refractivity contribution in [1.82, 2.24) is 4.90 Å². The maximum absolute atomic E-state index is 11.9. The van der Waals surface area contributed by atoms with Gasteiger partial charge in [0.15, 0.2) is 0 Å². The number of nitrogen functional groups attached to an aromatic ring is 1. The van der Waals surface area contributed by atoms with Gasteiger partial charge >= 0.3 is 0 Å². The van der Waals surface area contributed by atoms with Crippen LogP contribution in [0.4, 0.5) is 11.4 Å². The molecule has 1 aliphatic carbocycles. The van der Waals surface area contributed by atoms with Gasteiger partial charge in [-0.25, -0.2) is 0 Å². The molecule has 3 amide bonds. The SMILES string of the molecule is Nc1ccc(Cl)c(NC(=O)CN2C(=O)C3CC3C2=O)c1. The number of anilines is 2. The Balaban J connectivity index is 1.67. The normalized spacial score (nSPS) is 23.8. The van der Waals surface area contributed by atoms with Crippen LogP contribution in [0.5, 0.6) is 0 Å². The predicted molar refractivity (Wildman–Crippen MR) is 72.8 cm³/mol. The lowest BCUT2D eigenvalue weighted by molar-refractivity contribution is -0.143. The van der Waals surface area contributed by atoms with Crippen LogP contribution in [0.25, 0.3) is 0 Å². The maximum Gasteiger partial charge on any atom is 0.244 e. The van der Waals surface area contributed by atoms with Crippen LogP contribution >= 0.6 is 11.6 Å². The smallest absolute Gasteiger partial charge is 0.244 e. The monoisotopic (exact) mass is 293 g/mol. The molecule has 2 fully saturated rings. The summed E-state index contributed by atoms with van der Waals surface area (Å²) in [5.41, 5.74) is 6.43. The molecule has 1 aromatic carbocycles. The molecule has 104 valence electrons. The molecule has 6 nitrogen and oxygen atoms in total. The third-order valence-electron chi connectivity index (χ3n) is 3.52. The molecular formula is C13H12ClN3O3. The fraction of sp³-hybridized carbons (Fsp3) is 0.308. The van der Waals surface area contributed by atoms with Crippen LogP contribution in [0.3, 0.4) is 0 Å². The van der Waals surface area contributed by atoms with Gasteiger partial charge in [-0.05, 0) is 24.6 Å². The van der Waals surface area contributed by atoms with Gasteiger partial charge in [-0.2, -0.15) is 0 Å². The number of likely N-dealkylation sites (tertiary alicyclic amines) is 1. The van der Waals surface area contributed by atoms with Crippen LogP contribution in [0.1, 0.15) is 6.42 Å². The Morgan fingerprint density at radius 2 is 2.00 bits per heavy atom. The van der Waals surface area contributed by atoms with E-state index in [2.05, 4.69) is 5.32 Å². The van der Waals surface area contributed by atoms with E-state index in [9.17, 15) is 14.4 Å². The first-order valence-corrected chi connectivity index (χ1v) is 6.55. The van der Waals surface area contributed by atoms with Crippen molar-refractivity contribution in [2.24, 2.45) is 11.8 Å². The topological polar surface area (TPSA) is 92.5 Å². The molecule has 7 heteroatoms. The second-order valence-electron chi connectivity index (χ2n) is 5.00. The number of carbonyl (C=O) groups is 3. The number of hydrogen-bond donors (Lipinski definition) is 2. The average molecular weight is 294 g/mol. The first-order chi connectivity index (χ1) is 9.47. The number of imide groups is 1.